The largest absolute Gasteiger partial charge is 0.357 e. The predicted octanol–water partition coefficient (Wildman–Crippen LogP) is 2.84. The SMILES string of the molecule is CCNC(=NCc1sccc1C)NCC1CCCN(CC)C1. The van der Waals surface area contributed by atoms with Gasteiger partial charge >= 0.3 is 0 Å². The molecular formula is C17H30N4S. The van der Waals surface area contributed by atoms with Crippen molar-refractivity contribution in [3.63, 3.8) is 0 Å². The molecule has 0 radical (unpaired) electrons. The van der Waals surface area contributed by atoms with Gasteiger partial charge in [0.2, 0.25) is 0 Å². The van der Waals surface area contributed by atoms with Crippen LogP contribution in [0.1, 0.15) is 37.1 Å². The van der Waals surface area contributed by atoms with Gasteiger partial charge in [0.1, 0.15) is 0 Å². The summed E-state index contributed by atoms with van der Waals surface area (Å²) in [6.07, 6.45) is 2.65. The van der Waals surface area contributed by atoms with Crippen LogP contribution in [-0.4, -0.2) is 43.6 Å². The van der Waals surface area contributed by atoms with Gasteiger partial charge in [-0.15, -0.1) is 11.3 Å². The molecule has 0 bridgehead atoms. The van der Waals surface area contributed by atoms with E-state index in [1.807, 2.05) is 0 Å². The first kappa shape index (κ1) is 17.3. The first-order valence-corrected chi connectivity index (χ1v) is 9.38. The second kappa shape index (κ2) is 9.16. The number of aryl methyl sites for hydroxylation is 1. The van der Waals surface area contributed by atoms with Gasteiger partial charge in [0.25, 0.3) is 0 Å². The molecule has 0 amide bonds. The van der Waals surface area contributed by atoms with E-state index in [1.165, 1.54) is 42.9 Å². The van der Waals surface area contributed by atoms with E-state index in [4.69, 9.17) is 4.99 Å². The Bertz CT molecular complexity index is 469. The van der Waals surface area contributed by atoms with Crippen LogP contribution in [0.2, 0.25) is 0 Å². The molecule has 2 N–H and O–H groups in total. The second-order valence-electron chi connectivity index (χ2n) is 6.00. The molecule has 5 heteroatoms. The third kappa shape index (κ3) is 5.29. The Kier molecular flexibility index (Phi) is 7.19. The van der Waals surface area contributed by atoms with Gasteiger partial charge in [-0.1, -0.05) is 6.92 Å². The van der Waals surface area contributed by atoms with Crippen molar-refractivity contribution in [2.75, 3.05) is 32.7 Å². The van der Waals surface area contributed by atoms with Crippen LogP contribution in [0, 0.1) is 12.8 Å². The van der Waals surface area contributed by atoms with Crippen molar-refractivity contribution in [1.82, 2.24) is 15.5 Å². The van der Waals surface area contributed by atoms with Crippen molar-refractivity contribution in [2.45, 2.75) is 40.2 Å². The molecule has 1 aliphatic heterocycles. The fourth-order valence-corrected chi connectivity index (χ4v) is 3.73. The van der Waals surface area contributed by atoms with Gasteiger partial charge in [-0.25, -0.2) is 4.99 Å². The van der Waals surface area contributed by atoms with Crippen LogP contribution in [0.25, 0.3) is 0 Å². The number of likely N-dealkylation sites (tertiary alicyclic amines) is 1. The molecule has 4 nitrogen and oxygen atoms in total. The summed E-state index contributed by atoms with van der Waals surface area (Å²) in [7, 11) is 0. The van der Waals surface area contributed by atoms with Crippen LogP contribution >= 0.6 is 11.3 Å². The van der Waals surface area contributed by atoms with E-state index < -0.39 is 0 Å². The van der Waals surface area contributed by atoms with Crippen molar-refractivity contribution < 1.29 is 0 Å². The van der Waals surface area contributed by atoms with Crippen LogP contribution < -0.4 is 10.6 Å². The lowest BCUT2D eigenvalue weighted by Gasteiger charge is -2.32. The lowest BCUT2D eigenvalue weighted by Crippen LogP contribution is -2.44. The fourth-order valence-electron chi connectivity index (χ4n) is 2.90. The molecule has 1 unspecified atom stereocenters. The highest BCUT2D eigenvalue weighted by atomic mass is 32.1. The van der Waals surface area contributed by atoms with E-state index >= 15 is 0 Å². The second-order valence-corrected chi connectivity index (χ2v) is 7.01. The molecule has 0 aromatic carbocycles. The summed E-state index contributed by atoms with van der Waals surface area (Å²) >= 11 is 1.79. The zero-order valence-corrected chi connectivity index (χ0v) is 15.0. The van der Waals surface area contributed by atoms with E-state index in [2.05, 4.69) is 47.8 Å². The first-order valence-electron chi connectivity index (χ1n) is 8.50. The van der Waals surface area contributed by atoms with Gasteiger partial charge < -0.3 is 15.5 Å². The summed E-state index contributed by atoms with van der Waals surface area (Å²) in [5.41, 5.74) is 1.34. The first-order chi connectivity index (χ1) is 10.7. The Morgan fingerprint density at radius 2 is 2.27 bits per heavy atom. The standard InChI is InChI=1S/C17H30N4S/c1-4-18-17(20-12-16-14(3)8-10-22-16)19-11-15-7-6-9-21(5-2)13-15/h8,10,15H,4-7,9,11-13H2,1-3H3,(H2,18,19,20). The molecule has 1 aromatic heterocycles. The maximum absolute atomic E-state index is 4.73. The van der Waals surface area contributed by atoms with E-state index in [0.717, 1.165) is 31.5 Å². The van der Waals surface area contributed by atoms with E-state index in [1.54, 1.807) is 11.3 Å². The van der Waals surface area contributed by atoms with Crippen LogP contribution in [0.5, 0.6) is 0 Å². The van der Waals surface area contributed by atoms with E-state index in [0.29, 0.717) is 0 Å². The highest BCUT2D eigenvalue weighted by molar-refractivity contribution is 7.10. The minimum absolute atomic E-state index is 0.737. The van der Waals surface area contributed by atoms with Gasteiger partial charge in [0, 0.05) is 24.5 Å². The number of rotatable bonds is 6. The van der Waals surface area contributed by atoms with Crippen LogP contribution in [0.15, 0.2) is 16.4 Å². The zero-order valence-electron chi connectivity index (χ0n) is 14.2. The number of guanidine groups is 1. The van der Waals surface area contributed by atoms with Crippen LogP contribution in [0.3, 0.4) is 0 Å². The molecule has 1 aromatic rings. The topological polar surface area (TPSA) is 39.7 Å². The summed E-state index contributed by atoms with van der Waals surface area (Å²) in [4.78, 5) is 8.64. The molecule has 124 valence electrons. The monoisotopic (exact) mass is 322 g/mol. The van der Waals surface area contributed by atoms with Crippen molar-refractivity contribution in [3.05, 3.63) is 21.9 Å². The number of nitrogens with one attached hydrogen (secondary N) is 2. The number of thiophene rings is 1. The normalized spacial score (nSPS) is 20.1. The third-order valence-corrected chi connectivity index (χ3v) is 5.31. The van der Waals surface area contributed by atoms with Gasteiger partial charge in [-0.3, -0.25) is 0 Å². The molecule has 1 atom stereocenters. The maximum atomic E-state index is 4.73. The average Bonchev–Trinajstić information content (AvgIpc) is 2.95. The lowest BCUT2D eigenvalue weighted by molar-refractivity contribution is 0.183. The smallest absolute Gasteiger partial charge is 0.191 e. The van der Waals surface area contributed by atoms with E-state index in [-0.39, 0.29) is 0 Å². The van der Waals surface area contributed by atoms with Crippen LogP contribution in [0.4, 0.5) is 0 Å². The van der Waals surface area contributed by atoms with E-state index in [9.17, 15) is 0 Å². The molecule has 1 fully saturated rings. The molecule has 1 saturated heterocycles. The lowest BCUT2D eigenvalue weighted by atomic mass is 9.98. The number of hydrogen-bond acceptors (Lipinski definition) is 3. The molecule has 2 heterocycles. The number of hydrogen-bond donors (Lipinski definition) is 2. The molecule has 1 aliphatic rings. The average molecular weight is 323 g/mol. The summed E-state index contributed by atoms with van der Waals surface area (Å²) in [6.45, 7) is 12.9. The molecular weight excluding hydrogens is 292 g/mol. The zero-order chi connectivity index (χ0) is 15.8. The van der Waals surface area contributed by atoms with Crippen molar-refractivity contribution in [1.29, 1.82) is 0 Å². The van der Waals surface area contributed by atoms with Crippen molar-refractivity contribution >= 4 is 17.3 Å². The molecule has 0 aliphatic carbocycles. The fraction of sp³-hybridized carbons (Fsp3) is 0.706. The van der Waals surface area contributed by atoms with Crippen LogP contribution in [-0.2, 0) is 6.54 Å². The summed E-state index contributed by atoms with van der Waals surface area (Å²) in [5.74, 6) is 1.69. The molecule has 0 saturated carbocycles. The third-order valence-electron chi connectivity index (χ3n) is 4.30. The summed E-state index contributed by atoms with van der Waals surface area (Å²) < 4.78 is 0. The molecule has 22 heavy (non-hydrogen) atoms. The van der Waals surface area contributed by atoms with Gasteiger partial charge in [-0.2, -0.15) is 0 Å². The maximum Gasteiger partial charge on any atom is 0.191 e. The number of aliphatic imine (C=N–C) groups is 1. The van der Waals surface area contributed by atoms with Crippen molar-refractivity contribution in [2.24, 2.45) is 10.9 Å². The summed E-state index contributed by atoms with van der Waals surface area (Å²) in [6, 6.07) is 2.16. The number of piperidine rings is 1. The number of nitrogens with zero attached hydrogens (tertiary/aromatic N) is 2. The van der Waals surface area contributed by atoms with Crippen molar-refractivity contribution in [3.8, 4) is 0 Å². The minimum Gasteiger partial charge on any atom is -0.357 e. The Morgan fingerprint density at radius 1 is 1.41 bits per heavy atom. The highest BCUT2D eigenvalue weighted by Gasteiger charge is 2.18. The van der Waals surface area contributed by atoms with Gasteiger partial charge in [0.15, 0.2) is 5.96 Å². The van der Waals surface area contributed by atoms with Gasteiger partial charge in [0.05, 0.1) is 6.54 Å². The Balaban J connectivity index is 1.84. The Hall–Kier alpha value is -1.07. The Labute approximate surface area is 139 Å². The highest BCUT2D eigenvalue weighted by Crippen LogP contribution is 2.17. The minimum atomic E-state index is 0.737. The quantitative estimate of drug-likeness (QED) is 0.625. The van der Waals surface area contributed by atoms with Gasteiger partial charge in [-0.05, 0) is 62.7 Å². The molecule has 2 rings (SSSR count). The Morgan fingerprint density at radius 3 is 2.95 bits per heavy atom. The summed E-state index contributed by atoms with van der Waals surface area (Å²) in [5, 5.41) is 9.03. The predicted molar refractivity (Wildman–Crippen MR) is 96.7 cm³/mol. The molecule has 0 spiro atoms.